The summed E-state index contributed by atoms with van der Waals surface area (Å²) in [7, 11) is 0. The number of aliphatic hydroxyl groups is 1. The molecular weight excluding hydrogens is 310 g/mol. The average Bonchev–Trinajstić information content (AvgIpc) is 3.42. The Kier molecular flexibility index (Phi) is 12.8. The Labute approximate surface area is 144 Å². The number of carbonyl (C=O) groups is 2. The van der Waals surface area contributed by atoms with E-state index in [9.17, 15) is 9.59 Å². The first-order chi connectivity index (χ1) is 11.4. The SMILES string of the molecule is C1CN1.C=C(CCCO)C(=O)O.CC(=CC1CCCCC1)C(=O)O. The molecule has 1 aliphatic heterocycles. The van der Waals surface area contributed by atoms with Crippen LogP contribution in [-0.2, 0) is 9.59 Å². The molecule has 0 aromatic heterocycles. The van der Waals surface area contributed by atoms with E-state index >= 15 is 0 Å². The van der Waals surface area contributed by atoms with E-state index in [-0.39, 0.29) is 12.2 Å². The first-order valence-corrected chi connectivity index (χ1v) is 8.52. The van der Waals surface area contributed by atoms with E-state index in [0.29, 0.717) is 24.3 Å². The quantitative estimate of drug-likeness (QED) is 0.436. The first kappa shape index (κ1) is 22.3. The molecule has 1 heterocycles. The van der Waals surface area contributed by atoms with Gasteiger partial charge >= 0.3 is 11.9 Å². The first-order valence-electron chi connectivity index (χ1n) is 8.52. The van der Waals surface area contributed by atoms with Crippen molar-refractivity contribution >= 4 is 11.9 Å². The molecule has 2 rings (SSSR count). The molecule has 0 aromatic carbocycles. The summed E-state index contributed by atoms with van der Waals surface area (Å²) in [5, 5.41) is 28.1. The average molecular weight is 341 g/mol. The predicted molar refractivity (Wildman–Crippen MR) is 93.9 cm³/mol. The van der Waals surface area contributed by atoms with Crippen molar-refractivity contribution in [2.45, 2.75) is 51.9 Å². The van der Waals surface area contributed by atoms with Crippen molar-refractivity contribution in [1.29, 1.82) is 0 Å². The van der Waals surface area contributed by atoms with Gasteiger partial charge in [0.05, 0.1) is 0 Å². The van der Waals surface area contributed by atoms with Gasteiger partial charge in [0.2, 0.25) is 0 Å². The highest BCUT2D eigenvalue weighted by atomic mass is 16.4. The Hall–Kier alpha value is -1.66. The molecule has 0 radical (unpaired) electrons. The van der Waals surface area contributed by atoms with Crippen LogP contribution < -0.4 is 5.32 Å². The van der Waals surface area contributed by atoms with E-state index in [0.717, 1.165) is 0 Å². The molecule has 0 amide bonds. The van der Waals surface area contributed by atoms with Crippen LogP contribution in [0.2, 0.25) is 0 Å². The van der Waals surface area contributed by atoms with Gasteiger partial charge in [-0.05, 0) is 38.5 Å². The maximum atomic E-state index is 10.5. The second-order valence-electron chi connectivity index (χ2n) is 6.04. The molecule has 1 saturated carbocycles. The van der Waals surface area contributed by atoms with Crippen molar-refractivity contribution in [3.8, 4) is 0 Å². The maximum absolute atomic E-state index is 10.5. The number of allylic oxidation sites excluding steroid dienone is 1. The van der Waals surface area contributed by atoms with E-state index in [2.05, 4.69) is 11.9 Å². The maximum Gasteiger partial charge on any atom is 0.330 e. The summed E-state index contributed by atoms with van der Waals surface area (Å²) >= 11 is 0. The van der Waals surface area contributed by atoms with E-state index in [1.165, 1.54) is 45.2 Å². The second kappa shape index (κ2) is 13.7. The number of carboxylic acid groups (broad SMARTS) is 2. The lowest BCUT2D eigenvalue weighted by Crippen LogP contribution is -2.06. The van der Waals surface area contributed by atoms with Crippen LogP contribution in [0.5, 0.6) is 0 Å². The number of aliphatic hydroxyl groups excluding tert-OH is 1. The number of carboxylic acids is 2. The van der Waals surface area contributed by atoms with Gasteiger partial charge in [0.1, 0.15) is 0 Å². The van der Waals surface area contributed by atoms with Gasteiger partial charge in [0.25, 0.3) is 0 Å². The lowest BCUT2D eigenvalue weighted by molar-refractivity contribution is -0.133. The number of aliphatic carboxylic acids is 2. The van der Waals surface area contributed by atoms with E-state index in [1.54, 1.807) is 6.92 Å². The Morgan fingerprint density at radius 1 is 1.12 bits per heavy atom. The summed E-state index contributed by atoms with van der Waals surface area (Å²) in [6.07, 6.45) is 8.94. The Morgan fingerprint density at radius 3 is 2.04 bits per heavy atom. The minimum absolute atomic E-state index is 0.0201. The normalized spacial score (nSPS) is 16.8. The molecule has 0 aromatic rings. The van der Waals surface area contributed by atoms with E-state index < -0.39 is 11.9 Å². The van der Waals surface area contributed by atoms with Crippen LogP contribution >= 0.6 is 0 Å². The molecule has 0 atom stereocenters. The van der Waals surface area contributed by atoms with Crippen molar-refractivity contribution in [1.82, 2.24) is 5.32 Å². The molecule has 6 heteroatoms. The molecule has 2 aliphatic rings. The summed E-state index contributed by atoms with van der Waals surface area (Å²) in [6.45, 7) is 7.48. The molecule has 1 saturated heterocycles. The molecule has 1 aliphatic carbocycles. The summed E-state index contributed by atoms with van der Waals surface area (Å²) in [5.74, 6) is -1.24. The third-order valence-corrected chi connectivity index (χ3v) is 3.66. The second-order valence-corrected chi connectivity index (χ2v) is 6.04. The summed E-state index contributed by atoms with van der Waals surface area (Å²) < 4.78 is 0. The third kappa shape index (κ3) is 14.0. The van der Waals surface area contributed by atoms with Crippen LogP contribution in [0, 0.1) is 5.92 Å². The molecule has 0 spiro atoms. The highest BCUT2D eigenvalue weighted by Crippen LogP contribution is 2.25. The zero-order valence-electron chi connectivity index (χ0n) is 14.6. The number of hydrogen-bond donors (Lipinski definition) is 4. The fourth-order valence-electron chi connectivity index (χ4n) is 2.13. The molecular formula is C18H31NO5. The highest BCUT2D eigenvalue weighted by Gasteiger charge is 2.12. The zero-order chi connectivity index (χ0) is 18.4. The molecule has 0 bridgehead atoms. The van der Waals surface area contributed by atoms with Crippen LogP contribution in [0.25, 0.3) is 0 Å². The molecule has 138 valence electrons. The minimum Gasteiger partial charge on any atom is -0.478 e. The number of nitrogens with one attached hydrogen (secondary N) is 1. The van der Waals surface area contributed by atoms with Crippen LogP contribution in [0.4, 0.5) is 0 Å². The third-order valence-electron chi connectivity index (χ3n) is 3.66. The van der Waals surface area contributed by atoms with Crippen molar-refractivity contribution in [3.05, 3.63) is 23.8 Å². The topological polar surface area (TPSA) is 117 Å². The fraction of sp³-hybridized carbons (Fsp3) is 0.667. The predicted octanol–water partition coefficient (Wildman–Crippen LogP) is 2.59. The van der Waals surface area contributed by atoms with Crippen LogP contribution in [0.3, 0.4) is 0 Å². The molecule has 24 heavy (non-hydrogen) atoms. The Morgan fingerprint density at radius 2 is 1.67 bits per heavy atom. The zero-order valence-corrected chi connectivity index (χ0v) is 14.6. The van der Waals surface area contributed by atoms with Crippen molar-refractivity contribution in [3.63, 3.8) is 0 Å². The van der Waals surface area contributed by atoms with Gasteiger partial charge in [0, 0.05) is 30.8 Å². The smallest absolute Gasteiger partial charge is 0.330 e. The summed E-state index contributed by atoms with van der Waals surface area (Å²) in [5.41, 5.74) is 0.658. The summed E-state index contributed by atoms with van der Waals surface area (Å²) in [4.78, 5) is 20.5. The lowest BCUT2D eigenvalue weighted by Gasteiger charge is -2.18. The van der Waals surface area contributed by atoms with Gasteiger partial charge in [-0.25, -0.2) is 9.59 Å². The Balaban J connectivity index is 0.000000386. The Bertz CT molecular complexity index is 420. The van der Waals surface area contributed by atoms with Crippen LogP contribution in [0.15, 0.2) is 23.8 Å². The van der Waals surface area contributed by atoms with Gasteiger partial charge in [0.15, 0.2) is 0 Å². The lowest BCUT2D eigenvalue weighted by atomic mass is 9.88. The van der Waals surface area contributed by atoms with Gasteiger partial charge in [-0.3, -0.25) is 0 Å². The molecule has 2 fully saturated rings. The van der Waals surface area contributed by atoms with Crippen molar-refractivity contribution < 1.29 is 24.9 Å². The molecule has 4 N–H and O–H groups in total. The summed E-state index contributed by atoms with van der Waals surface area (Å²) in [6, 6.07) is 0. The van der Waals surface area contributed by atoms with Crippen molar-refractivity contribution in [2.24, 2.45) is 5.92 Å². The van der Waals surface area contributed by atoms with Crippen LogP contribution in [0.1, 0.15) is 51.9 Å². The monoisotopic (exact) mass is 341 g/mol. The standard InChI is InChI=1S/C10H16O2.C6H10O3.C2H5N/c1-8(10(11)12)7-9-5-3-2-4-6-9;1-5(6(8)9)3-2-4-7;1-2-3-1/h7,9H,2-6H2,1H3,(H,11,12);7H,1-4H2,(H,8,9);3H,1-2H2. The molecule has 6 nitrogen and oxygen atoms in total. The van der Waals surface area contributed by atoms with Gasteiger partial charge in [-0.1, -0.05) is 31.9 Å². The van der Waals surface area contributed by atoms with Gasteiger partial charge in [-0.15, -0.1) is 0 Å². The molecule has 0 unspecified atom stereocenters. The largest absolute Gasteiger partial charge is 0.478 e. The van der Waals surface area contributed by atoms with Crippen LogP contribution in [-0.4, -0.2) is 47.0 Å². The van der Waals surface area contributed by atoms with E-state index in [4.69, 9.17) is 15.3 Å². The van der Waals surface area contributed by atoms with E-state index in [1.807, 2.05) is 6.08 Å². The van der Waals surface area contributed by atoms with Gasteiger partial charge < -0.3 is 20.6 Å². The van der Waals surface area contributed by atoms with Gasteiger partial charge in [-0.2, -0.15) is 0 Å². The number of hydrogen-bond acceptors (Lipinski definition) is 4. The highest BCUT2D eigenvalue weighted by molar-refractivity contribution is 5.86. The minimum atomic E-state index is -0.983. The number of rotatable bonds is 6. The fourth-order valence-corrected chi connectivity index (χ4v) is 2.13. The van der Waals surface area contributed by atoms with Crippen molar-refractivity contribution in [2.75, 3.05) is 19.7 Å².